The Bertz CT molecular complexity index is 686. The van der Waals surface area contributed by atoms with Crippen molar-refractivity contribution in [3.8, 4) is 5.75 Å². The molecule has 2 rings (SSSR count). The van der Waals surface area contributed by atoms with Crippen LogP contribution in [0.4, 0.5) is 13.2 Å². The predicted molar refractivity (Wildman–Crippen MR) is 81.5 cm³/mol. The van der Waals surface area contributed by atoms with Gasteiger partial charge in [0.1, 0.15) is 5.75 Å². The zero-order valence-corrected chi connectivity index (χ0v) is 13.6. The Morgan fingerprint density at radius 2 is 2.04 bits per heavy atom. The fourth-order valence-electron chi connectivity index (χ4n) is 2.58. The number of carbonyl (C=O) groups is 1. The second-order valence-corrected chi connectivity index (χ2v) is 6.34. The summed E-state index contributed by atoms with van der Waals surface area (Å²) in [6, 6.07) is 4.14. The molecule has 0 aromatic heterocycles. The second-order valence-electron chi connectivity index (χ2n) is 6.34. The molecule has 1 aliphatic heterocycles. The Morgan fingerprint density at radius 1 is 1.42 bits per heavy atom. The number of rotatable bonds is 3. The molecule has 1 amide bonds. The molecule has 1 aromatic carbocycles. The van der Waals surface area contributed by atoms with Gasteiger partial charge in [-0.15, -0.1) is 0 Å². The van der Waals surface area contributed by atoms with Gasteiger partial charge < -0.3 is 10.2 Å². The topological polar surface area (TPSA) is 73.1 Å². The average molecular weight is 344 g/mol. The molecule has 0 saturated carbocycles. The summed E-state index contributed by atoms with van der Waals surface area (Å²) >= 11 is 0. The second kappa shape index (κ2) is 6.08. The highest BCUT2D eigenvalue weighted by Gasteiger charge is 2.63. The lowest BCUT2D eigenvalue weighted by Crippen LogP contribution is -2.56. The molecule has 0 fully saturated rings. The van der Waals surface area contributed by atoms with Gasteiger partial charge in [0.15, 0.2) is 0 Å². The maximum Gasteiger partial charge on any atom is 0.438 e. The first kappa shape index (κ1) is 18.3. The van der Waals surface area contributed by atoms with E-state index >= 15 is 0 Å². The van der Waals surface area contributed by atoms with Crippen LogP contribution in [0.5, 0.6) is 5.75 Å². The van der Waals surface area contributed by atoms with Crippen molar-refractivity contribution >= 4 is 11.6 Å². The quantitative estimate of drug-likeness (QED) is 0.884. The van der Waals surface area contributed by atoms with Crippen LogP contribution in [0.2, 0.25) is 0 Å². The maximum atomic E-state index is 13.4. The van der Waals surface area contributed by atoms with Crippen LogP contribution in [-0.4, -0.2) is 38.7 Å². The maximum absolute atomic E-state index is 13.4. The van der Waals surface area contributed by atoms with Gasteiger partial charge in [-0.2, -0.15) is 23.3 Å². The number of nitrogens with zero attached hydrogens (tertiary/aromatic N) is 2. The molecule has 0 spiro atoms. The van der Waals surface area contributed by atoms with E-state index < -0.39 is 30.0 Å². The molecule has 0 unspecified atom stereocenters. The lowest BCUT2D eigenvalue weighted by atomic mass is 9.99. The van der Waals surface area contributed by atoms with Crippen LogP contribution >= 0.6 is 0 Å². The number of phenolic OH excluding ortho intramolecular Hbond substituents is 1. The lowest BCUT2D eigenvalue weighted by Gasteiger charge is -2.32. The summed E-state index contributed by atoms with van der Waals surface area (Å²) < 4.78 is 40.1. The molecule has 0 radical (unpaired) electrons. The van der Waals surface area contributed by atoms with Crippen molar-refractivity contribution in [3.05, 3.63) is 29.3 Å². The summed E-state index contributed by atoms with van der Waals surface area (Å²) in [5.41, 5.74) is -3.33. The van der Waals surface area contributed by atoms with E-state index in [1.165, 1.54) is 25.1 Å². The first-order chi connectivity index (χ1) is 11.0. The molecule has 0 bridgehead atoms. The van der Waals surface area contributed by atoms with Gasteiger partial charge in [0.25, 0.3) is 11.6 Å². The Hall–Kier alpha value is -2.09. The smallest absolute Gasteiger partial charge is 0.438 e. The lowest BCUT2D eigenvalue weighted by molar-refractivity contribution is -0.297. The minimum absolute atomic E-state index is 0.0173. The normalized spacial score (nSPS) is 21.3. The van der Waals surface area contributed by atoms with E-state index in [1.807, 2.05) is 0 Å². The Morgan fingerprint density at radius 3 is 2.58 bits per heavy atom. The molecule has 1 aromatic rings. The van der Waals surface area contributed by atoms with Crippen molar-refractivity contribution in [2.45, 2.75) is 45.5 Å². The average Bonchev–Trinajstić information content (AvgIpc) is 2.78. The van der Waals surface area contributed by atoms with E-state index in [2.05, 4.69) is 5.10 Å². The summed E-state index contributed by atoms with van der Waals surface area (Å²) in [4.78, 5) is 12.5. The molecule has 132 valence electrons. The molecule has 8 heteroatoms. The number of aliphatic hydroxyl groups is 1. The number of hydrogen-bond acceptors (Lipinski definition) is 4. The fraction of sp³-hybridized carbons (Fsp3) is 0.500. The first-order valence-electron chi connectivity index (χ1n) is 7.46. The standard InChI is InChI=1S/C16H19F3N2O3/c1-9(2)7-11-8-15(24,16(17,18)19)21(20-11)14(23)12-6-4-5-10(3)13(12)22/h4-6,9,22,24H,7-8H2,1-3H3/t15-/m1/s1. The van der Waals surface area contributed by atoms with Crippen molar-refractivity contribution in [1.29, 1.82) is 0 Å². The van der Waals surface area contributed by atoms with E-state index in [-0.39, 0.29) is 28.6 Å². The van der Waals surface area contributed by atoms with E-state index in [0.29, 0.717) is 5.56 Å². The van der Waals surface area contributed by atoms with Crippen molar-refractivity contribution in [2.24, 2.45) is 11.0 Å². The highest BCUT2D eigenvalue weighted by Crippen LogP contribution is 2.42. The van der Waals surface area contributed by atoms with Crippen molar-refractivity contribution < 1.29 is 28.2 Å². The number of phenols is 1. The number of alkyl halides is 3. The highest BCUT2D eigenvalue weighted by atomic mass is 19.4. The monoisotopic (exact) mass is 344 g/mol. The number of aromatic hydroxyl groups is 1. The first-order valence-corrected chi connectivity index (χ1v) is 7.46. The van der Waals surface area contributed by atoms with Crippen LogP contribution in [-0.2, 0) is 0 Å². The largest absolute Gasteiger partial charge is 0.507 e. The number of hydrazone groups is 1. The number of amides is 1. The van der Waals surface area contributed by atoms with Gasteiger partial charge in [0.2, 0.25) is 0 Å². The van der Waals surface area contributed by atoms with Crippen LogP contribution < -0.4 is 0 Å². The van der Waals surface area contributed by atoms with Crippen molar-refractivity contribution in [2.75, 3.05) is 0 Å². The summed E-state index contributed by atoms with van der Waals surface area (Å²) in [6.07, 6.45) is -5.65. The van der Waals surface area contributed by atoms with Crippen LogP contribution in [0.3, 0.4) is 0 Å². The van der Waals surface area contributed by atoms with Gasteiger partial charge in [-0.25, -0.2) is 0 Å². The van der Waals surface area contributed by atoms with Crippen LogP contribution in [0.1, 0.15) is 42.6 Å². The predicted octanol–water partition coefficient (Wildman–Crippen LogP) is 3.20. The number of halogens is 3. The number of para-hydroxylation sites is 1. The number of benzene rings is 1. The number of aryl methyl sites for hydroxylation is 1. The molecule has 5 nitrogen and oxygen atoms in total. The zero-order valence-electron chi connectivity index (χ0n) is 13.6. The van der Waals surface area contributed by atoms with Gasteiger partial charge >= 0.3 is 6.18 Å². The molecule has 1 atom stereocenters. The van der Waals surface area contributed by atoms with E-state index in [4.69, 9.17) is 0 Å². The number of hydrogen-bond donors (Lipinski definition) is 2. The third-order valence-electron chi connectivity index (χ3n) is 3.80. The fourth-order valence-corrected chi connectivity index (χ4v) is 2.58. The molecule has 1 aliphatic rings. The number of carbonyl (C=O) groups excluding carboxylic acids is 1. The minimum atomic E-state index is -5.08. The molecule has 24 heavy (non-hydrogen) atoms. The molecule has 0 aliphatic carbocycles. The van der Waals surface area contributed by atoms with Gasteiger partial charge in [0, 0.05) is 12.1 Å². The zero-order chi connectivity index (χ0) is 18.3. The molecular weight excluding hydrogens is 325 g/mol. The SMILES string of the molecule is Cc1cccc(C(=O)N2N=C(CC(C)C)C[C@@]2(O)C(F)(F)F)c1O. The molecular formula is C16H19F3N2O3. The van der Waals surface area contributed by atoms with Crippen LogP contribution in [0, 0.1) is 12.8 Å². The van der Waals surface area contributed by atoms with Gasteiger partial charge in [-0.05, 0) is 30.9 Å². The Balaban J connectivity index is 2.48. The van der Waals surface area contributed by atoms with E-state index in [0.717, 1.165) is 0 Å². The van der Waals surface area contributed by atoms with E-state index in [9.17, 15) is 28.2 Å². The molecule has 1 heterocycles. The summed E-state index contributed by atoms with van der Waals surface area (Å²) in [5.74, 6) is -1.61. The third kappa shape index (κ3) is 3.10. The minimum Gasteiger partial charge on any atom is -0.507 e. The highest BCUT2D eigenvalue weighted by molar-refractivity contribution is 6.00. The van der Waals surface area contributed by atoms with Crippen LogP contribution in [0.25, 0.3) is 0 Å². The molecule has 2 N–H and O–H groups in total. The molecule has 0 saturated heterocycles. The van der Waals surface area contributed by atoms with E-state index in [1.54, 1.807) is 13.8 Å². The summed E-state index contributed by atoms with van der Waals surface area (Å²) in [5, 5.41) is 23.9. The van der Waals surface area contributed by atoms with Gasteiger partial charge in [-0.1, -0.05) is 26.0 Å². The third-order valence-corrected chi connectivity index (χ3v) is 3.80. The van der Waals surface area contributed by atoms with Gasteiger partial charge in [-0.3, -0.25) is 4.79 Å². The van der Waals surface area contributed by atoms with Gasteiger partial charge in [0.05, 0.1) is 5.56 Å². The van der Waals surface area contributed by atoms with Crippen molar-refractivity contribution in [3.63, 3.8) is 0 Å². The van der Waals surface area contributed by atoms with Crippen LogP contribution in [0.15, 0.2) is 23.3 Å². The summed E-state index contributed by atoms with van der Waals surface area (Å²) in [6.45, 7) is 5.11. The van der Waals surface area contributed by atoms with Crippen molar-refractivity contribution in [1.82, 2.24) is 5.01 Å². The summed E-state index contributed by atoms with van der Waals surface area (Å²) in [7, 11) is 0. The Labute approximate surface area is 137 Å². The Kier molecular flexibility index (Phi) is 4.63.